The molecule has 2 aromatic carbocycles. The lowest BCUT2D eigenvalue weighted by Crippen LogP contribution is -2.16. The number of aromatic nitrogens is 2. The molecule has 0 bridgehead atoms. The molecule has 138 valence electrons. The van der Waals surface area contributed by atoms with E-state index in [0.717, 1.165) is 5.56 Å². The number of alkyl halides is 3. The Balaban J connectivity index is 1.76. The third kappa shape index (κ3) is 5.04. The summed E-state index contributed by atoms with van der Waals surface area (Å²) in [6.07, 6.45) is -2.72. The van der Waals surface area contributed by atoms with Gasteiger partial charge in [0.15, 0.2) is 5.82 Å². The van der Waals surface area contributed by atoms with Crippen LogP contribution in [0.2, 0.25) is 0 Å². The summed E-state index contributed by atoms with van der Waals surface area (Å²) in [6.45, 7) is 0. The molecule has 0 fully saturated rings. The van der Waals surface area contributed by atoms with Gasteiger partial charge in [0, 0.05) is 23.9 Å². The molecule has 1 aromatic heterocycles. The normalized spacial score (nSPS) is 11.2. The van der Waals surface area contributed by atoms with Gasteiger partial charge in [-0.3, -0.25) is 0 Å². The van der Waals surface area contributed by atoms with Gasteiger partial charge in [-0.2, -0.15) is 0 Å². The van der Waals surface area contributed by atoms with Gasteiger partial charge >= 0.3 is 12.3 Å². The van der Waals surface area contributed by atoms with Crippen molar-refractivity contribution in [3.8, 4) is 17.1 Å². The summed E-state index contributed by atoms with van der Waals surface area (Å²) in [5.74, 6) is -0.946. The van der Waals surface area contributed by atoms with Crippen LogP contribution in [-0.4, -0.2) is 27.4 Å². The third-order valence-corrected chi connectivity index (χ3v) is 3.65. The molecular weight excluding hydrogens is 361 g/mol. The predicted molar refractivity (Wildman–Crippen MR) is 90.4 cm³/mol. The second-order valence-electron chi connectivity index (χ2n) is 5.62. The van der Waals surface area contributed by atoms with Gasteiger partial charge in [0.05, 0.1) is 5.56 Å². The molecule has 0 saturated heterocycles. The topological polar surface area (TPSA) is 72.3 Å². The van der Waals surface area contributed by atoms with Crippen molar-refractivity contribution < 1.29 is 27.8 Å². The summed E-state index contributed by atoms with van der Waals surface area (Å²) < 4.78 is 40.5. The smallest absolute Gasteiger partial charge is 0.478 e. The Hall–Kier alpha value is -3.42. The van der Waals surface area contributed by atoms with Crippen molar-refractivity contribution in [1.29, 1.82) is 0 Å². The summed E-state index contributed by atoms with van der Waals surface area (Å²) in [5.41, 5.74) is 2.31. The van der Waals surface area contributed by atoms with Crippen molar-refractivity contribution in [1.82, 2.24) is 9.97 Å². The quantitative estimate of drug-likeness (QED) is 0.720. The number of hydrogen-bond acceptors (Lipinski definition) is 4. The largest absolute Gasteiger partial charge is 0.573 e. The molecule has 3 rings (SSSR count). The van der Waals surface area contributed by atoms with Gasteiger partial charge in [0.1, 0.15) is 5.75 Å². The molecular formula is C19H13F3N2O3. The number of carbonyl (C=O) groups is 1. The van der Waals surface area contributed by atoms with Crippen LogP contribution in [0.25, 0.3) is 11.4 Å². The predicted octanol–water partition coefficient (Wildman–Crippen LogP) is 4.33. The Labute approximate surface area is 152 Å². The van der Waals surface area contributed by atoms with Crippen LogP contribution in [0.5, 0.6) is 5.75 Å². The lowest BCUT2D eigenvalue weighted by Gasteiger charge is -2.09. The zero-order valence-corrected chi connectivity index (χ0v) is 13.8. The van der Waals surface area contributed by atoms with Gasteiger partial charge in [0.25, 0.3) is 0 Å². The van der Waals surface area contributed by atoms with E-state index in [9.17, 15) is 18.0 Å². The zero-order chi connectivity index (χ0) is 19.4. The van der Waals surface area contributed by atoms with Crippen molar-refractivity contribution in [2.45, 2.75) is 12.8 Å². The minimum Gasteiger partial charge on any atom is -0.478 e. The number of rotatable bonds is 5. The van der Waals surface area contributed by atoms with Gasteiger partial charge < -0.3 is 9.84 Å². The number of ether oxygens (including phenoxy) is 1. The highest BCUT2D eigenvalue weighted by Gasteiger charge is 2.31. The van der Waals surface area contributed by atoms with Crippen molar-refractivity contribution >= 4 is 5.97 Å². The third-order valence-electron chi connectivity index (χ3n) is 3.65. The molecule has 1 heterocycles. The van der Waals surface area contributed by atoms with Crippen LogP contribution in [0, 0.1) is 0 Å². The lowest BCUT2D eigenvalue weighted by atomic mass is 10.1. The van der Waals surface area contributed by atoms with Gasteiger partial charge in [-0.1, -0.05) is 12.1 Å². The first-order valence-electron chi connectivity index (χ1n) is 7.80. The number of aromatic carboxylic acids is 1. The molecule has 0 aliphatic heterocycles. The first-order chi connectivity index (χ1) is 12.8. The number of hydrogen-bond donors (Lipinski definition) is 1. The van der Waals surface area contributed by atoms with E-state index >= 15 is 0 Å². The van der Waals surface area contributed by atoms with E-state index in [1.54, 1.807) is 24.4 Å². The van der Waals surface area contributed by atoms with Crippen LogP contribution >= 0.6 is 0 Å². The zero-order valence-electron chi connectivity index (χ0n) is 13.8. The first-order valence-corrected chi connectivity index (χ1v) is 7.80. The summed E-state index contributed by atoms with van der Waals surface area (Å²) in [6, 6.07) is 13.4. The van der Waals surface area contributed by atoms with E-state index < -0.39 is 12.3 Å². The molecule has 0 aliphatic carbocycles. The van der Waals surface area contributed by atoms with Crippen molar-refractivity contribution in [2.75, 3.05) is 0 Å². The minimum atomic E-state index is -4.74. The molecule has 0 unspecified atom stereocenters. The average Bonchev–Trinajstić information content (AvgIpc) is 2.62. The maximum absolute atomic E-state index is 12.2. The van der Waals surface area contributed by atoms with Crippen LogP contribution in [0.4, 0.5) is 13.2 Å². The van der Waals surface area contributed by atoms with E-state index in [-0.39, 0.29) is 11.3 Å². The second-order valence-corrected chi connectivity index (χ2v) is 5.62. The fourth-order valence-electron chi connectivity index (χ4n) is 2.41. The van der Waals surface area contributed by atoms with Crippen molar-refractivity contribution in [3.05, 3.63) is 77.6 Å². The Kier molecular flexibility index (Phi) is 5.07. The minimum absolute atomic E-state index is 0.197. The number of benzene rings is 2. The molecule has 0 saturated carbocycles. The Morgan fingerprint density at radius 3 is 2.26 bits per heavy atom. The number of nitrogens with zero attached hydrogens (tertiary/aromatic N) is 2. The Bertz CT molecular complexity index is 940. The fourth-order valence-corrected chi connectivity index (χ4v) is 2.41. The molecule has 0 radical (unpaired) electrons. The van der Waals surface area contributed by atoms with E-state index in [1.807, 2.05) is 0 Å². The van der Waals surface area contributed by atoms with Crippen molar-refractivity contribution in [3.63, 3.8) is 0 Å². The average molecular weight is 374 g/mol. The summed E-state index contributed by atoms with van der Waals surface area (Å²) >= 11 is 0. The van der Waals surface area contributed by atoms with Crippen LogP contribution in [-0.2, 0) is 6.42 Å². The van der Waals surface area contributed by atoms with E-state index in [2.05, 4.69) is 14.7 Å². The maximum Gasteiger partial charge on any atom is 0.573 e. The highest BCUT2D eigenvalue weighted by atomic mass is 19.4. The Morgan fingerprint density at radius 1 is 1.00 bits per heavy atom. The monoisotopic (exact) mass is 374 g/mol. The van der Waals surface area contributed by atoms with Gasteiger partial charge in [-0.25, -0.2) is 14.8 Å². The summed E-state index contributed by atoms with van der Waals surface area (Å²) in [7, 11) is 0. The van der Waals surface area contributed by atoms with Crippen LogP contribution in [0.15, 0.2) is 60.8 Å². The van der Waals surface area contributed by atoms with Crippen LogP contribution in [0.1, 0.15) is 21.6 Å². The molecule has 0 amide bonds. The fraction of sp³-hybridized carbons (Fsp3) is 0.105. The van der Waals surface area contributed by atoms with Gasteiger partial charge in [0.2, 0.25) is 0 Å². The molecule has 27 heavy (non-hydrogen) atoms. The molecule has 5 nitrogen and oxygen atoms in total. The summed E-state index contributed by atoms with van der Waals surface area (Å²) in [5, 5.41) is 8.92. The SMILES string of the molecule is O=C(O)c1ccc(Cc2ccnc(-c3ccc(OC(F)(F)F)cc3)n2)cc1. The molecule has 0 atom stereocenters. The highest BCUT2D eigenvalue weighted by molar-refractivity contribution is 5.87. The summed E-state index contributed by atoms with van der Waals surface area (Å²) in [4.78, 5) is 19.4. The molecule has 0 aliphatic rings. The number of carboxylic acids is 1. The highest BCUT2D eigenvalue weighted by Crippen LogP contribution is 2.25. The molecule has 3 aromatic rings. The lowest BCUT2D eigenvalue weighted by molar-refractivity contribution is -0.274. The van der Waals surface area contributed by atoms with E-state index in [0.29, 0.717) is 23.5 Å². The van der Waals surface area contributed by atoms with Crippen LogP contribution in [0.3, 0.4) is 0 Å². The standard InChI is InChI=1S/C19H13F3N2O3/c20-19(21,22)27-16-7-5-13(6-8-16)17-23-10-9-15(24-17)11-12-1-3-14(4-2-12)18(25)26/h1-10H,11H2,(H,25,26). The molecule has 8 heteroatoms. The van der Waals surface area contributed by atoms with Gasteiger partial charge in [-0.15, -0.1) is 13.2 Å². The van der Waals surface area contributed by atoms with E-state index in [4.69, 9.17) is 5.11 Å². The van der Waals surface area contributed by atoms with E-state index in [1.165, 1.54) is 36.4 Å². The maximum atomic E-state index is 12.2. The first kappa shape index (κ1) is 18.4. The molecule has 1 N–H and O–H groups in total. The Morgan fingerprint density at radius 2 is 1.67 bits per heavy atom. The molecule has 0 spiro atoms. The second kappa shape index (κ2) is 7.45. The number of halogens is 3. The number of carboxylic acid groups (broad SMARTS) is 1. The van der Waals surface area contributed by atoms with Crippen molar-refractivity contribution in [2.24, 2.45) is 0 Å². The van der Waals surface area contributed by atoms with Crippen LogP contribution < -0.4 is 4.74 Å². The van der Waals surface area contributed by atoms with Gasteiger partial charge in [-0.05, 0) is 48.0 Å².